The van der Waals surface area contributed by atoms with Crippen LogP contribution >= 0.6 is 0 Å². The van der Waals surface area contributed by atoms with Gasteiger partial charge in [0.1, 0.15) is 0 Å². The van der Waals surface area contributed by atoms with E-state index in [4.69, 9.17) is 15.2 Å². The molecule has 4 nitrogen and oxygen atoms in total. The lowest BCUT2D eigenvalue weighted by Gasteiger charge is -2.36. The Kier molecular flexibility index (Phi) is 7.82. The van der Waals surface area contributed by atoms with Gasteiger partial charge in [0.2, 0.25) is 0 Å². The molecule has 0 saturated heterocycles. The fraction of sp³-hybridized carbons (Fsp3) is 1.00. The molecule has 0 aromatic rings. The predicted molar refractivity (Wildman–Crippen MR) is 74.7 cm³/mol. The summed E-state index contributed by atoms with van der Waals surface area (Å²) in [4.78, 5) is 2.43. The first-order valence-corrected chi connectivity index (χ1v) is 7.13. The number of methoxy groups -OCH3 is 2. The second-order valence-corrected chi connectivity index (χ2v) is 5.63. The molecular weight excluding hydrogens is 228 g/mol. The molecule has 4 heteroatoms. The van der Waals surface area contributed by atoms with Gasteiger partial charge in [-0.05, 0) is 31.1 Å². The molecule has 0 amide bonds. The minimum absolute atomic E-state index is 0.369. The van der Waals surface area contributed by atoms with Gasteiger partial charge < -0.3 is 15.2 Å². The van der Waals surface area contributed by atoms with Gasteiger partial charge in [-0.3, -0.25) is 4.90 Å². The monoisotopic (exact) mass is 258 g/mol. The minimum Gasteiger partial charge on any atom is -0.383 e. The fourth-order valence-electron chi connectivity index (χ4n) is 2.80. The van der Waals surface area contributed by atoms with Crippen molar-refractivity contribution in [2.24, 2.45) is 17.6 Å². The molecule has 1 saturated carbocycles. The summed E-state index contributed by atoms with van der Waals surface area (Å²) in [6, 6.07) is 0.369. The van der Waals surface area contributed by atoms with E-state index >= 15 is 0 Å². The standard InChI is InChI=1S/C14H30N2O2/c1-12-4-5-14(15)13(10-12)11-16(6-8-17-2)7-9-18-3/h12-14H,4-11,15H2,1-3H3. The van der Waals surface area contributed by atoms with Crippen LogP contribution in [0.15, 0.2) is 0 Å². The lowest BCUT2D eigenvalue weighted by Crippen LogP contribution is -2.44. The smallest absolute Gasteiger partial charge is 0.0589 e. The SMILES string of the molecule is COCCN(CCOC)CC1CC(C)CCC1N. The lowest BCUT2D eigenvalue weighted by atomic mass is 9.79. The summed E-state index contributed by atoms with van der Waals surface area (Å²) in [7, 11) is 3.51. The van der Waals surface area contributed by atoms with Crippen molar-refractivity contribution in [1.82, 2.24) is 4.90 Å². The number of hydrogen-bond donors (Lipinski definition) is 1. The van der Waals surface area contributed by atoms with Crippen LogP contribution in [-0.2, 0) is 9.47 Å². The molecule has 1 aliphatic rings. The van der Waals surface area contributed by atoms with Gasteiger partial charge in [-0.1, -0.05) is 6.92 Å². The van der Waals surface area contributed by atoms with Crippen molar-refractivity contribution in [3.63, 3.8) is 0 Å². The maximum Gasteiger partial charge on any atom is 0.0589 e. The molecule has 1 aliphatic carbocycles. The van der Waals surface area contributed by atoms with E-state index < -0.39 is 0 Å². The highest BCUT2D eigenvalue weighted by atomic mass is 16.5. The Bertz CT molecular complexity index is 206. The first-order chi connectivity index (χ1) is 8.67. The highest BCUT2D eigenvalue weighted by Gasteiger charge is 2.27. The van der Waals surface area contributed by atoms with Crippen LogP contribution in [0.3, 0.4) is 0 Å². The maximum atomic E-state index is 6.26. The molecule has 1 rings (SSSR count). The van der Waals surface area contributed by atoms with Crippen molar-refractivity contribution in [1.29, 1.82) is 0 Å². The molecule has 108 valence electrons. The van der Waals surface area contributed by atoms with E-state index in [1.807, 2.05) is 0 Å². The van der Waals surface area contributed by atoms with Crippen molar-refractivity contribution < 1.29 is 9.47 Å². The van der Waals surface area contributed by atoms with Gasteiger partial charge in [-0.25, -0.2) is 0 Å². The van der Waals surface area contributed by atoms with Crippen LogP contribution in [0, 0.1) is 11.8 Å². The van der Waals surface area contributed by atoms with Crippen LogP contribution in [0.25, 0.3) is 0 Å². The molecule has 0 spiro atoms. The second-order valence-electron chi connectivity index (χ2n) is 5.63. The average molecular weight is 258 g/mol. The zero-order valence-corrected chi connectivity index (χ0v) is 12.2. The third-order valence-corrected chi connectivity index (χ3v) is 4.02. The Morgan fingerprint density at radius 1 is 1.11 bits per heavy atom. The number of nitrogens with zero attached hydrogens (tertiary/aromatic N) is 1. The van der Waals surface area contributed by atoms with Crippen molar-refractivity contribution in [3.05, 3.63) is 0 Å². The van der Waals surface area contributed by atoms with Gasteiger partial charge in [0.15, 0.2) is 0 Å². The molecule has 3 unspecified atom stereocenters. The van der Waals surface area contributed by atoms with Crippen LogP contribution in [-0.4, -0.2) is 58.0 Å². The zero-order chi connectivity index (χ0) is 13.4. The number of nitrogens with two attached hydrogens (primary N) is 1. The van der Waals surface area contributed by atoms with Gasteiger partial charge in [-0.2, -0.15) is 0 Å². The molecule has 0 aliphatic heterocycles. The Balaban J connectivity index is 2.41. The van der Waals surface area contributed by atoms with E-state index in [1.54, 1.807) is 14.2 Å². The van der Waals surface area contributed by atoms with Crippen LogP contribution in [0.4, 0.5) is 0 Å². The summed E-state index contributed by atoms with van der Waals surface area (Å²) in [5, 5.41) is 0. The first kappa shape index (κ1) is 15.9. The van der Waals surface area contributed by atoms with Gasteiger partial charge in [0.05, 0.1) is 13.2 Å². The topological polar surface area (TPSA) is 47.7 Å². The Morgan fingerprint density at radius 2 is 1.72 bits per heavy atom. The van der Waals surface area contributed by atoms with E-state index in [0.717, 1.165) is 38.8 Å². The van der Waals surface area contributed by atoms with Crippen molar-refractivity contribution in [2.75, 3.05) is 47.1 Å². The molecule has 18 heavy (non-hydrogen) atoms. The van der Waals surface area contributed by atoms with E-state index in [0.29, 0.717) is 12.0 Å². The first-order valence-electron chi connectivity index (χ1n) is 7.13. The molecular formula is C14H30N2O2. The summed E-state index contributed by atoms with van der Waals surface area (Å²) in [5.41, 5.74) is 6.26. The van der Waals surface area contributed by atoms with Gasteiger partial charge in [0.25, 0.3) is 0 Å². The number of ether oxygens (including phenoxy) is 2. The quantitative estimate of drug-likeness (QED) is 0.714. The summed E-state index contributed by atoms with van der Waals surface area (Å²) in [6.45, 7) is 6.92. The van der Waals surface area contributed by atoms with E-state index in [2.05, 4.69) is 11.8 Å². The van der Waals surface area contributed by atoms with Crippen molar-refractivity contribution in [2.45, 2.75) is 32.2 Å². The van der Waals surface area contributed by atoms with Crippen LogP contribution in [0.1, 0.15) is 26.2 Å². The Morgan fingerprint density at radius 3 is 2.28 bits per heavy atom. The summed E-state index contributed by atoms with van der Waals surface area (Å²) < 4.78 is 10.4. The molecule has 0 aromatic heterocycles. The highest BCUT2D eigenvalue weighted by Crippen LogP contribution is 2.28. The van der Waals surface area contributed by atoms with E-state index in [-0.39, 0.29) is 0 Å². The van der Waals surface area contributed by atoms with E-state index in [1.165, 1.54) is 19.3 Å². The molecule has 3 atom stereocenters. The largest absolute Gasteiger partial charge is 0.383 e. The van der Waals surface area contributed by atoms with Gasteiger partial charge in [0, 0.05) is 39.9 Å². The highest BCUT2D eigenvalue weighted by molar-refractivity contribution is 4.83. The zero-order valence-electron chi connectivity index (χ0n) is 12.2. The molecule has 0 radical (unpaired) electrons. The normalized spacial score (nSPS) is 28.8. The Hall–Kier alpha value is -0.160. The van der Waals surface area contributed by atoms with Gasteiger partial charge >= 0.3 is 0 Å². The fourth-order valence-corrected chi connectivity index (χ4v) is 2.80. The minimum atomic E-state index is 0.369. The molecule has 1 fully saturated rings. The van der Waals surface area contributed by atoms with Crippen LogP contribution < -0.4 is 5.73 Å². The number of hydrogen-bond acceptors (Lipinski definition) is 4. The Labute approximate surface area is 112 Å². The van der Waals surface area contributed by atoms with Crippen molar-refractivity contribution in [3.8, 4) is 0 Å². The third kappa shape index (κ3) is 5.65. The van der Waals surface area contributed by atoms with E-state index in [9.17, 15) is 0 Å². The summed E-state index contributed by atoms with van der Waals surface area (Å²) >= 11 is 0. The number of rotatable bonds is 8. The lowest BCUT2D eigenvalue weighted by molar-refractivity contribution is 0.0894. The van der Waals surface area contributed by atoms with Crippen LogP contribution in [0.5, 0.6) is 0 Å². The summed E-state index contributed by atoms with van der Waals surface area (Å²) in [6.07, 6.45) is 3.72. The third-order valence-electron chi connectivity index (χ3n) is 4.02. The molecule has 0 aromatic carbocycles. The summed E-state index contributed by atoms with van der Waals surface area (Å²) in [5.74, 6) is 1.45. The average Bonchev–Trinajstić information content (AvgIpc) is 2.37. The molecule has 0 bridgehead atoms. The molecule has 2 N–H and O–H groups in total. The predicted octanol–water partition coefficient (Wildman–Crippen LogP) is 1.34. The van der Waals surface area contributed by atoms with Gasteiger partial charge in [-0.15, -0.1) is 0 Å². The second kappa shape index (κ2) is 8.86. The van der Waals surface area contributed by atoms with Crippen molar-refractivity contribution >= 4 is 0 Å². The van der Waals surface area contributed by atoms with Crippen LogP contribution in [0.2, 0.25) is 0 Å². The maximum absolute atomic E-state index is 6.26. The molecule has 0 heterocycles.